The van der Waals surface area contributed by atoms with Crippen molar-refractivity contribution in [1.29, 1.82) is 0 Å². The highest BCUT2D eigenvalue weighted by Gasteiger charge is 2.91. The largest absolute Gasteiger partial charge is 0.455 e. The Bertz CT molecular complexity index is 1760. The number of methoxy groups -OCH3 is 3. The summed E-state index contributed by atoms with van der Waals surface area (Å²) >= 11 is 0. The van der Waals surface area contributed by atoms with Gasteiger partial charge in [-0.3, -0.25) is 14.5 Å². The Morgan fingerprint density at radius 1 is 0.962 bits per heavy atom. The molecule has 1 aliphatic heterocycles. The fourth-order valence-electron chi connectivity index (χ4n) is 13.3. The first-order valence-electron chi connectivity index (χ1n) is 18.5. The number of aliphatic hydroxyl groups is 2. The molecule has 1 saturated heterocycles. The van der Waals surface area contributed by atoms with Gasteiger partial charge in [-0.25, -0.2) is 4.79 Å². The standard InChI is InChI=1S/C40H50N2O10/c1-6-42-20-37(19-26(44)23-14-10-11-15-25(23)41)17-16-27(48-3)39-24-18-38(47)34(51-36(46)22-12-8-7-9-13-22)28(24)40(52-21(2)43,33(45)35(38)50-5)29(32(39)42)30(49-4)31(37)39/h7-15,24,27-35,45,47H,6,16-20,41H2,1-5H3/t24-,27?,28-,29+,30+,31-,32-,33+,34-,35+,37-,38+,39+,40-/m1/s1. The molecule has 1 unspecified atom stereocenters. The molecule has 6 fully saturated rings. The maximum absolute atomic E-state index is 14.4. The second-order valence-corrected chi connectivity index (χ2v) is 16.1. The number of ketones is 1. The molecule has 4 N–H and O–H groups in total. The molecule has 2 aromatic rings. The summed E-state index contributed by atoms with van der Waals surface area (Å²) in [5.74, 6) is -3.69. The summed E-state index contributed by atoms with van der Waals surface area (Å²) in [6.07, 6.45) is -3.41. The van der Waals surface area contributed by atoms with Crippen molar-refractivity contribution < 1.29 is 48.3 Å². The Morgan fingerprint density at radius 3 is 2.31 bits per heavy atom. The molecule has 7 bridgehead atoms. The molecule has 5 aliphatic carbocycles. The summed E-state index contributed by atoms with van der Waals surface area (Å²) in [6.45, 7) is 4.55. The predicted molar refractivity (Wildman–Crippen MR) is 187 cm³/mol. The van der Waals surface area contributed by atoms with Crippen LogP contribution in [0.5, 0.6) is 0 Å². The summed E-state index contributed by atoms with van der Waals surface area (Å²) in [5.41, 5.74) is 2.59. The van der Waals surface area contributed by atoms with Crippen LogP contribution < -0.4 is 5.73 Å². The molecule has 2 aromatic carbocycles. The zero-order chi connectivity index (χ0) is 37.0. The fraction of sp³-hybridized carbons (Fsp3) is 0.625. The van der Waals surface area contributed by atoms with Gasteiger partial charge in [0.2, 0.25) is 0 Å². The number of aliphatic hydroxyl groups excluding tert-OH is 1. The van der Waals surface area contributed by atoms with E-state index in [0.717, 1.165) is 0 Å². The van der Waals surface area contributed by atoms with Crippen LogP contribution in [0.25, 0.3) is 0 Å². The van der Waals surface area contributed by atoms with Crippen LogP contribution in [-0.4, -0.2) is 115 Å². The number of carbonyl (C=O) groups excluding carboxylic acids is 3. The van der Waals surface area contributed by atoms with Gasteiger partial charge < -0.3 is 39.6 Å². The molecule has 280 valence electrons. The number of nitrogens with two attached hydrogens (primary N) is 1. The molecular weight excluding hydrogens is 668 g/mol. The Balaban J connectivity index is 1.38. The zero-order valence-electron chi connectivity index (χ0n) is 30.4. The third-order valence-corrected chi connectivity index (χ3v) is 14.4. The van der Waals surface area contributed by atoms with Crippen molar-refractivity contribution in [3.05, 3.63) is 65.7 Å². The first-order chi connectivity index (χ1) is 24.9. The van der Waals surface area contributed by atoms with E-state index in [4.69, 9.17) is 29.4 Å². The van der Waals surface area contributed by atoms with E-state index in [1.165, 1.54) is 14.0 Å². The minimum atomic E-state index is -1.85. The normalized spacial score (nSPS) is 43.9. The van der Waals surface area contributed by atoms with Gasteiger partial charge in [0.05, 0.1) is 17.8 Å². The van der Waals surface area contributed by atoms with Gasteiger partial charge in [0, 0.05) is 81.7 Å². The Kier molecular flexibility index (Phi) is 8.44. The monoisotopic (exact) mass is 718 g/mol. The van der Waals surface area contributed by atoms with E-state index >= 15 is 0 Å². The molecule has 12 heteroatoms. The van der Waals surface area contributed by atoms with E-state index in [1.54, 1.807) is 56.7 Å². The van der Waals surface area contributed by atoms with Gasteiger partial charge in [0.25, 0.3) is 0 Å². The van der Waals surface area contributed by atoms with Crippen LogP contribution in [0.3, 0.4) is 0 Å². The van der Waals surface area contributed by atoms with Crippen LogP contribution in [0.2, 0.25) is 0 Å². The molecule has 1 heterocycles. The summed E-state index contributed by atoms with van der Waals surface area (Å²) in [4.78, 5) is 44.1. The minimum absolute atomic E-state index is 0.0677. The van der Waals surface area contributed by atoms with Gasteiger partial charge in [-0.2, -0.15) is 0 Å². The molecule has 12 nitrogen and oxygen atoms in total. The van der Waals surface area contributed by atoms with Crippen LogP contribution in [0, 0.1) is 34.5 Å². The number of rotatable bonds is 10. The number of carbonyl (C=O) groups is 3. The van der Waals surface area contributed by atoms with E-state index < -0.39 is 76.1 Å². The molecule has 0 amide bonds. The van der Waals surface area contributed by atoms with Gasteiger partial charge in [-0.1, -0.05) is 37.3 Å². The average molecular weight is 719 g/mol. The minimum Gasteiger partial charge on any atom is -0.455 e. The van der Waals surface area contributed by atoms with Gasteiger partial charge >= 0.3 is 11.9 Å². The first kappa shape index (κ1) is 35.6. The number of para-hydroxylation sites is 1. The van der Waals surface area contributed by atoms with E-state index in [-0.39, 0.29) is 36.7 Å². The average Bonchev–Trinajstić information content (AvgIpc) is 3.51. The number of fused-ring (bicyclic) bond motifs is 2. The van der Waals surface area contributed by atoms with E-state index in [2.05, 4.69) is 11.8 Å². The number of Topliss-reactive ketones (excluding diaryl/α,β-unsaturated/α-hetero) is 1. The molecule has 5 saturated carbocycles. The Hall–Kier alpha value is -3.39. The lowest BCUT2D eigenvalue weighted by Gasteiger charge is -2.69. The SMILES string of the molecule is CCN1C[C@]2(CC(=O)c3ccccc3N)CCC(OC)[C@@]34[C@@H]5C[C@]6(O)[C@H](OC(=O)c7ccccc7)[C@@H]5[C@@](OC(C)=O)([C@@H]([C@H](OC)[C@H]23)[C@@H]14)[C@@H](O)[C@@H]6OC. The molecular formula is C40H50N2O10. The number of anilines is 1. The highest BCUT2D eigenvalue weighted by atomic mass is 16.6. The molecule has 14 atom stereocenters. The van der Waals surface area contributed by atoms with Crippen molar-refractivity contribution in [1.82, 2.24) is 4.90 Å². The van der Waals surface area contributed by atoms with Crippen LogP contribution in [0.15, 0.2) is 54.6 Å². The lowest BCUT2D eigenvalue weighted by molar-refractivity contribution is -0.316. The topological polar surface area (TPSA) is 167 Å². The summed E-state index contributed by atoms with van der Waals surface area (Å²) in [7, 11) is 4.74. The van der Waals surface area contributed by atoms with Gasteiger partial charge in [0.1, 0.15) is 23.9 Å². The number of likely N-dealkylation sites (tertiary alicyclic amines) is 1. The van der Waals surface area contributed by atoms with Crippen molar-refractivity contribution in [2.45, 2.75) is 87.3 Å². The quantitative estimate of drug-likeness (QED) is 0.187. The number of hydrogen-bond donors (Lipinski definition) is 3. The van der Waals surface area contributed by atoms with E-state index in [0.29, 0.717) is 42.7 Å². The van der Waals surface area contributed by atoms with E-state index in [1.807, 2.05) is 12.1 Å². The number of hydrogen-bond acceptors (Lipinski definition) is 12. The summed E-state index contributed by atoms with van der Waals surface area (Å²) in [6, 6.07) is 15.3. The van der Waals surface area contributed by atoms with Crippen LogP contribution >= 0.6 is 0 Å². The molecule has 52 heavy (non-hydrogen) atoms. The number of nitrogens with zero attached hydrogens (tertiary/aromatic N) is 1. The number of nitrogen functional groups attached to an aromatic ring is 1. The van der Waals surface area contributed by atoms with Crippen molar-refractivity contribution in [2.75, 3.05) is 40.2 Å². The third kappa shape index (κ3) is 4.33. The maximum Gasteiger partial charge on any atom is 0.338 e. The second kappa shape index (κ2) is 12.3. The number of benzene rings is 2. The van der Waals surface area contributed by atoms with Crippen LogP contribution in [0.4, 0.5) is 5.69 Å². The molecule has 8 rings (SSSR count). The van der Waals surface area contributed by atoms with Gasteiger partial charge in [0.15, 0.2) is 11.4 Å². The smallest absolute Gasteiger partial charge is 0.338 e. The van der Waals surface area contributed by atoms with Crippen LogP contribution in [-0.2, 0) is 28.5 Å². The predicted octanol–water partition coefficient (Wildman–Crippen LogP) is 2.89. The highest BCUT2D eigenvalue weighted by Crippen LogP contribution is 2.81. The van der Waals surface area contributed by atoms with Gasteiger partial charge in [-0.05, 0) is 61.4 Å². The highest BCUT2D eigenvalue weighted by molar-refractivity contribution is 6.01. The number of ether oxygens (including phenoxy) is 5. The Labute approximate surface area is 303 Å². The lowest BCUT2D eigenvalue weighted by atomic mass is 9.42. The molecule has 0 radical (unpaired) electrons. The second-order valence-electron chi connectivity index (χ2n) is 16.1. The van der Waals surface area contributed by atoms with Crippen molar-refractivity contribution >= 4 is 23.4 Å². The lowest BCUT2D eigenvalue weighted by Crippen LogP contribution is -2.80. The van der Waals surface area contributed by atoms with Crippen molar-refractivity contribution in [3.8, 4) is 0 Å². The molecule has 1 spiro atoms. The summed E-state index contributed by atoms with van der Waals surface area (Å²) in [5, 5.41) is 25.6. The Morgan fingerprint density at radius 2 is 1.67 bits per heavy atom. The molecule has 6 aliphatic rings. The molecule has 0 aromatic heterocycles. The first-order valence-corrected chi connectivity index (χ1v) is 18.5. The van der Waals surface area contributed by atoms with Crippen molar-refractivity contribution in [2.24, 2.45) is 34.5 Å². The zero-order valence-corrected chi connectivity index (χ0v) is 30.4. The van der Waals surface area contributed by atoms with Gasteiger partial charge in [-0.15, -0.1) is 0 Å². The number of esters is 2. The fourth-order valence-corrected chi connectivity index (χ4v) is 13.3. The van der Waals surface area contributed by atoms with E-state index in [9.17, 15) is 24.6 Å². The third-order valence-electron chi connectivity index (χ3n) is 14.4. The van der Waals surface area contributed by atoms with Crippen molar-refractivity contribution in [3.63, 3.8) is 0 Å². The van der Waals surface area contributed by atoms with Crippen LogP contribution in [0.1, 0.15) is 60.2 Å². The number of piperidine rings is 1. The maximum atomic E-state index is 14.4. The summed E-state index contributed by atoms with van der Waals surface area (Å²) < 4.78 is 32.0.